The molecule has 2 nitrogen and oxygen atoms in total. The molecule has 1 aromatic carbocycles. The molecule has 1 N–H and O–H groups in total. The van der Waals surface area contributed by atoms with Crippen LogP contribution < -0.4 is 5.32 Å². The molecule has 0 radical (unpaired) electrons. The maximum atomic E-state index is 12.8. The predicted octanol–water partition coefficient (Wildman–Crippen LogP) is 4.40. The smallest absolute Gasteiger partial charge is 0.141 e. The summed E-state index contributed by atoms with van der Waals surface area (Å²) in [4.78, 5) is 4.10. The van der Waals surface area contributed by atoms with Gasteiger partial charge in [-0.3, -0.25) is 4.98 Å². The average Bonchev–Trinajstić information content (AvgIpc) is 2.39. The van der Waals surface area contributed by atoms with Crippen molar-refractivity contribution >= 4 is 15.9 Å². The topological polar surface area (TPSA) is 24.9 Å². The standard InChI is InChI=1S/C15H16BrFN2/c1-10(13-5-3-4-6-14(13)16)19-11(2)15-8-7-12(17)9-18-15/h3-11,19H,1-2H3/t10-,11?/m0/s1. The van der Waals surface area contributed by atoms with Crippen molar-refractivity contribution in [2.75, 3.05) is 0 Å². The molecule has 0 saturated heterocycles. The quantitative estimate of drug-likeness (QED) is 0.902. The van der Waals surface area contributed by atoms with Crippen molar-refractivity contribution in [1.82, 2.24) is 10.3 Å². The Balaban J connectivity index is 2.08. The fraction of sp³-hybridized carbons (Fsp3) is 0.267. The van der Waals surface area contributed by atoms with Gasteiger partial charge in [0.1, 0.15) is 5.82 Å². The molecule has 19 heavy (non-hydrogen) atoms. The molecule has 2 atom stereocenters. The van der Waals surface area contributed by atoms with Gasteiger partial charge in [-0.15, -0.1) is 0 Å². The van der Waals surface area contributed by atoms with Crippen LogP contribution in [0.25, 0.3) is 0 Å². The number of nitrogens with one attached hydrogen (secondary N) is 1. The van der Waals surface area contributed by atoms with Gasteiger partial charge in [0, 0.05) is 16.6 Å². The van der Waals surface area contributed by atoms with Crippen LogP contribution in [0, 0.1) is 5.82 Å². The first-order valence-corrected chi connectivity index (χ1v) is 6.99. The molecule has 0 saturated carbocycles. The zero-order valence-electron chi connectivity index (χ0n) is 10.9. The molecule has 0 amide bonds. The molecule has 1 aromatic heterocycles. The third-order valence-electron chi connectivity index (χ3n) is 3.07. The first kappa shape index (κ1) is 14.2. The van der Waals surface area contributed by atoms with Gasteiger partial charge in [-0.05, 0) is 37.6 Å². The molecule has 2 rings (SSSR count). The van der Waals surface area contributed by atoms with E-state index in [1.54, 1.807) is 6.07 Å². The predicted molar refractivity (Wildman–Crippen MR) is 78.3 cm³/mol. The second-order valence-corrected chi connectivity index (χ2v) is 5.39. The number of halogens is 2. The Morgan fingerprint density at radius 3 is 2.47 bits per heavy atom. The van der Waals surface area contributed by atoms with E-state index in [4.69, 9.17) is 0 Å². The van der Waals surface area contributed by atoms with E-state index in [2.05, 4.69) is 39.2 Å². The third-order valence-corrected chi connectivity index (χ3v) is 3.79. The summed E-state index contributed by atoms with van der Waals surface area (Å²) >= 11 is 3.55. The van der Waals surface area contributed by atoms with Gasteiger partial charge >= 0.3 is 0 Å². The third kappa shape index (κ3) is 3.61. The maximum Gasteiger partial charge on any atom is 0.141 e. The molecule has 2 aromatic rings. The molecule has 0 bridgehead atoms. The summed E-state index contributed by atoms with van der Waals surface area (Å²) in [5.41, 5.74) is 2.02. The van der Waals surface area contributed by atoms with E-state index in [9.17, 15) is 4.39 Å². The van der Waals surface area contributed by atoms with Gasteiger partial charge in [0.05, 0.1) is 11.9 Å². The number of benzene rings is 1. The summed E-state index contributed by atoms with van der Waals surface area (Å²) in [6, 6.07) is 11.5. The molecular formula is C15H16BrFN2. The Morgan fingerprint density at radius 2 is 1.84 bits per heavy atom. The molecule has 0 aliphatic heterocycles. The molecule has 0 fully saturated rings. The summed E-state index contributed by atoms with van der Waals surface area (Å²) in [7, 11) is 0. The van der Waals surface area contributed by atoms with Crippen molar-refractivity contribution in [2.24, 2.45) is 0 Å². The van der Waals surface area contributed by atoms with E-state index in [1.807, 2.05) is 25.1 Å². The zero-order chi connectivity index (χ0) is 13.8. The van der Waals surface area contributed by atoms with Crippen molar-refractivity contribution in [3.8, 4) is 0 Å². The SMILES string of the molecule is CC(N[C@@H](C)c1ccccc1Br)c1ccc(F)cn1. The Bertz CT molecular complexity index is 542. The van der Waals surface area contributed by atoms with E-state index < -0.39 is 0 Å². The lowest BCUT2D eigenvalue weighted by molar-refractivity contribution is 0.483. The van der Waals surface area contributed by atoms with E-state index in [0.29, 0.717) is 0 Å². The van der Waals surface area contributed by atoms with Gasteiger partial charge in [0.15, 0.2) is 0 Å². The van der Waals surface area contributed by atoms with E-state index in [1.165, 1.54) is 17.8 Å². The summed E-state index contributed by atoms with van der Waals surface area (Å²) in [5, 5.41) is 3.46. The second kappa shape index (κ2) is 6.26. The molecular weight excluding hydrogens is 307 g/mol. The second-order valence-electron chi connectivity index (χ2n) is 4.53. The molecule has 100 valence electrons. The van der Waals surface area contributed by atoms with Crippen LogP contribution in [-0.2, 0) is 0 Å². The lowest BCUT2D eigenvalue weighted by Gasteiger charge is -2.21. The number of nitrogens with zero attached hydrogens (tertiary/aromatic N) is 1. The lowest BCUT2D eigenvalue weighted by atomic mass is 10.1. The van der Waals surface area contributed by atoms with Crippen molar-refractivity contribution in [3.05, 3.63) is 64.1 Å². The highest BCUT2D eigenvalue weighted by molar-refractivity contribution is 9.10. The van der Waals surface area contributed by atoms with E-state index in [-0.39, 0.29) is 17.9 Å². The van der Waals surface area contributed by atoms with Crippen molar-refractivity contribution in [1.29, 1.82) is 0 Å². The monoisotopic (exact) mass is 322 g/mol. The summed E-state index contributed by atoms with van der Waals surface area (Å²) < 4.78 is 13.9. The molecule has 0 aliphatic carbocycles. The van der Waals surface area contributed by atoms with Crippen LogP contribution in [0.3, 0.4) is 0 Å². The summed E-state index contributed by atoms with van der Waals surface area (Å²) in [5.74, 6) is -0.310. The van der Waals surface area contributed by atoms with Gasteiger partial charge in [-0.1, -0.05) is 34.1 Å². The minimum absolute atomic E-state index is 0.0581. The van der Waals surface area contributed by atoms with Gasteiger partial charge in [-0.2, -0.15) is 0 Å². The highest BCUT2D eigenvalue weighted by Crippen LogP contribution is 2.25. The largest absolute Gasteiger partial charge is 0.302 e. The molecule has 1 heterocycles. The van der Waals surface area contributed by atoms with Gasteiger partial charge in [-0.25, -0.2) is 4.39 Å². The van der Waals surface area contributed by atoms with Crippen molar-refractivity contribution in [2.45, 2.75) is 25.9 Å². The van der Waals surface area contributed by atoms with Crippen molar-refractivity contribution in [3.63, 3.8) is 0 Å². The van der Waals surface area contributed by atoms with Crippen LogP contribution in [0.15, 0.2) is 47.1 Å². The highest BCUT2D eigenvalue weighted by atomic mass is 79.9. The average molecular weight is 323 g/mol. The number of aromatic nitrogens is 1. The maximum absolute atomic E-state index is 12.8. The number of pyridine rings is 1. The van der Waals surface area contributed by atoms with E-state index >= 15 is 0 Å². The molecule has 0 spiro atoms. The van der Waals surface area contributed by atoms with Crippen LogP contribution in [0.4, 0.5) is 4.39 Å². The Labute approximate surface area is 121 Å². The van der Waals surface area contributed by atoms with Gasteiger partial charge in [0.2, 0.25) is 0 Å². The number of rotatable bonds is 4. The summed E-state index contributed by atoms with van der Waals surface area (Å²) in [6.45, 7) is 4.12. The minimum atomic E-state index is -0.310. The number of hydrogen-bond acceptors (Lipinski definition) is 2. The van der Waals surface area contributed by atoms with Crippen LogP contribution in [0.2, 0.25) is 0 Å². The first-order chi connectivity index (χ1) is 9.08. The Morgan fingerprint density at radius 1 is 1.11 bits per heavy atom. The van der Waals surface area contributed by atoms with E-state index in [0.717, 1.165) is 10.2 Å². The fourth-order valence-corrected chi connectivity index (χ4v) is 2.65. The zero-order valence-corrected chi connectivity index (χ0v) is 12.5. The first-order valence-electron chi connectivity index (χ1n) is 6.20. The van der Waals surface area contributed by atoms with Crippen LogP contribution >= 0.6 is 15.9 Å². The molecule has 4 heteroatoms. The Hall–Kier alpha value is -1.26. The summed E-state index contributed by atoms with van der Waals surface area (Å²) in [6.07, 6.45) is 1.25. The van der Waals surface area contributed by atoms with Crippen LogP contribution in [-0.4, -0.2) is 4.98 Å². The number of hydrogen-bond donors (Lipinski definition) is 1. The minimum Gasteiger partial charge on any atom is -0.302 e. The molecule has 1 unspecified atom stereocenters. The highest BCUT2D eigenvalue weighted by Gasteiger charge is 2.13. The normalized spacial score (nSPS) is 14.1. The van der Waals surface area contributed by atoms with Crippen LogP contribution in [0.5, 0.6) is 0 Å². The van der Waals surface area contributed by atoms with Gasteiger partial charge < -0.3 is 5.32 Å². The lowest BCUT2D eigenvalue weighted by Crippen LogP contribution is -2.23. The molecule has 0 aliphatic rings. The van der Waals surface area contributed by atoms with Gasteiger partial charge in [0.25, 0.3) is 0 Å². The Kier molecular flexibility index (Phi) is 4.66. The van der Waals surface area contributed by atoms with Crippen molar-refractivity contribution < 1.29 is 4.39 Å². The van der Waals surface area contributed by atoms with Crippen LogP contribution in [0.1, 0.15) is 37.2 Å². The fourth-order valence-electron chi connectivity index (χ4n) is 2.02.